The van der Waals surface area contributed by atoms with Crippen LogP contribution in [-0.4, -0.2) is 38.7 Å². The van der Waals surface area contributed by atoms with Crippen LogP contribution in [0.3, 0.4) is 0 Å². The molecule has 0 aliphatic carbocycles. The Labute approximate surface area is 181 Å². The van der Waals surface area contributed by atoms with Crippen LogP contribution >= 0.6 is 0 Å². The minimum Gasteiger partial charge on any atom is -0.497 e. The van der Waals surface area contributed by atoms with Gasteiger partial charge in [0, 0.05) is 24.5 Å². The van der Waals surface area contributed by atoms with E-state index in [1.165, 1.54) is 25.3 Å². The molecule has 1 heterocycles. The molecule has 1 saturated heterocycles. The van der Waals surface area contributed by atoms with Crippen LogP contribution in [0.2, 0.25) is 0 Å². The van der Waals surface area contributed by atoms with Gasteiger partial charge < -0.3 is 19.7 Å². The van der Waals surface area contributed by atoms with Crippen LogP contribution in [0, 0.1) is 11.3 Å². The van der Waals surface area contributed by atoms with Gasteiger partial charge in [-0.05, 0) is 67.3 Å². The predicted octanol–water partition coefficient (Wildman–Crippen LogP) is 3.77. The highest BCUT2D eigenvalue weighted by molar-refractivity contribution is 6.00. The van der Waals surface area contributed by atoms with Crippen LogP contribution in [0.15, 0.2) is 54.1 Å². The molecular formula is C24H25N3O4. The first-order valence-corrected chi connectivity index (χ1v) is 10.2. The molecule has 0 radical (unpaired) electrons. The summed E-state index contributed by atoms with van der Waals surface area (Å²) in [7, 11) is 1.55. The Hall–Kier alpha value is -3.79. The van der Waals surface area contributed by atoms with Gasteiger partial charge in [0.1, 0.15) is 17.4 Å². The fraction of sp³-hybridized carbons (Fsp3) is 0.292. The van der Waals surface area contributed by atoms with E-state index in [0.29, 0.717) is 17.0 Å². The molecule has 0 spiro atoms. The quantitative estimate of drug-likeness (QED) is 0.417. The molecule has 0 aromatic heterocycles. The fourth-order valence-corrected chi connectivity index (χ4v) is 3.32. The number of esters is 1. The van der Waals surface area contributed by atoms with E-state index in [-0.39, 0.29) is 5.57 Å². The number of carbonyl (C=O) groups is 2. The summed E-state index contributed by atoms with van der Waals surface area (Å²) in [5.41, 5.74) is 2.21. The number of hydrogen-bond acceptors (Lipinski definition) is 6. The summed E-state index contributed by atoms with van der Waals surface area (Å²) >= 11 is 0. The van der Waals surface area contributed by atoms with E-state index < -0.39 is 18.5 Å². The van der Waals surface area contributed by atoms with Crippen molar-refractivity contribution in [2.24, 2.45) is 0 Å². The zero-order valence-corrected chi connectivity index (χ0v) is 17.5. The number of amides is 1. The number of nitriles is 1. The van der Waals surface area contributed by atoms with Gasteiger partial charge in [-0.3, -0.25) is 4.79 Å². The lowest BCUT2D eigenvalue weighted by Gasteiger charge is -2.28. The molecular weight excluding hydrogens is 394 g/mol. The van der Waals surface area contributed by atoms with Crippen molar-refractivity contribution in [3.63, 3.8) is 0 Å². The average Bonchev–Trinajstić information content (AvgIpc) is 2.82. The first kappa shape index (κ1) is 21.9. The van der Waals surface area contributed by atoms with Crippen LogP contribution in [0.4, 0.5) is 11.4 Å². The minimum absolute atomic E-state index is 0.191. The lowest BCUT2D eigenvalue weighted by molar-refractivity contribution is -0.142. The largest absolute Gasteiger partial charge is 0.497 e. The molecule has 0 saturated carbocycles. The second-order valence-electron chi connectivity index (χ2n) is 7.16. The van der Waals surface area contributed by atoms with Gasteiger partial charge in [-0.1, -0.05) is 12.1 Å². The molecule has 1 N–H and O–H groups in total. The van der Waals surface area contributed by atoms with E-state index in [9.17, 15) is 14.9 Å². The molecule has 1 amide bonds. The Balaban J connectivity index is 1.51. The zero-order valence-electron chi connectivity index (χ0n) is 17.5. The van der Waals surface area contributed by atoms with Gasteiger partial charge in [0.25, 0.3) is 5.91 Å². The number of rotatable bonds is 7. The van der Waals surface area contributed by atoms with E-state index >= 15 is 0 Å². The summed E-state index contributed by atoms with van der Waals surface area (Å²) in [5.74, 6) is -0.659. The van der Waals surface area contributed by atoms with Crippen LogP contribution in [-0.2, 0) is 14.3 Å². The SMILES string of the molecule is COc1ccc(/C=C(\C#N)C(=O)OCC(=O)Nc2ccc(N3CCCCC3)cc2)cc1. The third-order valence-corrected chi connectivity index (χ3v) is 4.97. The molecule has 7 heteroatoms. The number of hydrogen-bond donors (Lipinski definition) is 1. The molecule has 2 aromatic carbocycles. The minimum atomic E-state index is -0.853. The molecule has 31 heavy (non-hydrogen) atoms. The van der Waals surface area contributed by atoms with Crippen molar-refractivity contribution in [2.75, 3.05) is 37.0 Å². The van der Waals surface area contributed by atoms with E-state index in [1.54, 1.807) is 31.4 Å². The molecule has 2 aromatic rings. The average molecular weight is 419 g/mol. The number of ether oxygens (including phenoxy) is 2. The van der Waals surface area contributed by atoms with Crippen molar-refractivity contribution in [3.05, 3.63) is 59.7 Å². The molecule has 0 bridgehead atoms. The van der Waals surface area contributed by atoms with Crippen LogP contribution < -0.4 is 15.0 Å². The molecule has 0 unspecified atom stereocenters. The monoisotopic (exact) mass is 419 g/mol. The molecule has 1 fully saturated rings. The normalized spacial score (nSPS) is 13.8. The summed E-state index contributed by atoms with van der Waals surface area (Å²) < 4.78 is 10.1. The van der Waals surface area contributed by atoms with Gasteiger partial charge in [-0.25, -0.2) is 4.79 Å². The number of nitrogens with zero attached hydrogens (tertiary/aromatic N) is 2. The molecule has 0 atom stereocenters. The summed E-state index contributed by atoms with van der Waals surface area (Å²) in [6.45, 7) is 1.62. The van der Waals surface area contributed by atoms with Crippen LogP contribution in [0.5, 0.6) is 5.75 Å². The zero-order chi connectivity index (χ0) is 22.1. The van der Waals surface area contributed by atoms with E-state index in [0.717, 1.165) is 18.8 Å². The summed E-state index contributed by atoms with van der Waals surface area (Å²) in [4.78, 5) is 26.6. The van der Waals surface area contributed by atoms with Crippen molar-refractivity contribution in [3.8, 4) is 11.8 Å². The molecule has 160 valence electrons. The topological polar surface area (TPSA) is 91.7 Å². The number of carbonyl (C=O) groups excluding carboxylic acids is 2. The first-order chi connectivity index (χ1) is 15.1. The fourth-order valence-electron chi connectivity index (χ4n) is 3.32. The Bertz CT molecular complexity index is 969. The van der Waals surface area contributed by atoms with Crippen molar-refractivity contribution in [1.82, 2.24) is 0 Å². The number of anilines is 2. The van der Waals surface area contributed by atoms with Crippen molar-refractivity contribution >= 4 is 29.3 Å². The summed E-state index contributed by atoms with van der Waals surface area (Å²) in [6.07, 6.45) is 5.06. The molecule has 1 aliphatic rings. The second kappa shape index (κ2) is 10.8. The van der Waals surface area contributed by atoms with Gasteiger partial charge in [-0.15, -0.1) is 0 Å². The molecule has 3 rings (SSSR count). The smallest absolute Gasteiger partial charge is 0.349 e. The maximum Gasteiger partial charge on any atom is 0.349 e. The Kier molecular flexibility index (Phi) is 7.66. The highest BCUT2D eigenvalue weighted by Gasteiger charge is 2.14. The highest BCUT2D eigenvalue weighted by atomic mass is 16.5. The number of piperidine rings is 1. The van der Waals surface area contributed by atoms with Crippen molar-refractivity contribution in [1.29, 1.82) is 5.26 Å². The predicted molar refractivity (Wildman–Crippen MR) is 119 cm³/mol. The second-order valence-corrected chi connectivity index (χ2v) is 7.16. The van der Waals surface area contributed by atoms with Gasteiger partial charge in [0.15, 0.2) is 6.61 Å². The highest BCUT2D eigenvalue weighted by Crippen LogP contribution is 2.21. The van der Waals surface area contributed by atoms with Gasteiger partial charge >= 0.3 is 5.97 Å². The summed E-state index contributed by atoms with van der Waals surface area (Å²) in [5, 5.41) is 11.9. The maximum absolute atomic E-state index is 12.2. The maximum atomic E-state index is 12.2. The lowest BCUT2D eigenvalue weighted by Crippen LogP contribution is -2.29. The third-order valence-electron chi connectivity index (χ3n) is 4.97. The van der Waals surface area contributed by atoms with E-state index in [1.807, 2.05) is 30.3 Å². The van der Waals surface area contributed by atoms with E-state index in [2.05, 4.69) is 10.2 Å². The van der Waals surface area contributed by atoms with Crippen LogP contribution in [0.25, 0.3) is 6.08 Å². The van der Waals surface area contributed by atoms with Gasteiger partial charge in [0.05, 0.1) is 7.11 Å². The summed E-state index contributed by atoms with van der Waals surface area (Å²) in [6, 6.07) is 16.3. The third kappa shape index (κ3) is 6.34. The number of nitrogens with one attached hydrogen (secondary N) is 1. The van der Waals surface area contributed by atoms with Crippen molar-refractivity contribution < 1.29 is 19.1 Å². The molecule has 7 nitrogen and oxygen atoms in total. The van der Waals surface area contributed by atoms with Crippen molar-refractivity contribution in [2.45, 2.75) is 19.3 Å². The lowest BCUT2D eigenvalue weighted by atomic mass is 10.1. The Morgan fingerprint density at radius 3 is 2.35 bits per heavy atom. The van der Waals surface area contributed by atoms with E-state index in [4.69, 9.17) is 9.47 Å². The standard InChI is InChI=1S/C24H25N3O4/c1-30-22-11-5-18(6-12-22)15-19(16-25)24(29)31-17-23(28)26-20-7-9-21(10-8-20)27-13-3-2-4-14-27/h5-12,15H,2-4,13-14,17H2,1H3,(H,26,28)/b19-15+. The molecule has 1 aliphatic heterocycles. The first-order valence-electron chi connectivity index (χ1n) is 10.2. The Morgan fingerprint density at radius 1 is 1.06 bits per heavy atom. The van der Waals surface area contributed by atoms with Gasteiger partial charge in [0.2, 0.25) is 0 Å². The van der Waals surface area contributed by atoms with Gasteiger partial charge in [-0.2, -0.15) is 5.26 Å². The number of benzene rings is 2. The van der Waals surface area contributed by atoms with Crippen LogP contribution in [0.1, 0.15) is 24.8 Å². The Morgan fingerprint density at radius 2 is 1.74 bits per heavy atom. The number of methoxy groups -OCH3 is 1.